The SMILES string of the molecule is CC1CCC(=CC(=O)NCc2ccccc2CO)CC1. The third-order valence-corrected chi connectivity index (χ3v) is 3.99. The zero-order valence-corrected chi connectivity index (χ0v) is 12.1. The normalized spacial score (nSPS) is 18.7. The van der Waals surface area contributed by atoms with Crippen molar-refractivity contribution in [1.82, 2.24) is 5.32 Å². The molecule has 0 heterocycles. The van der Waals surface area contributed by atoms with Gasteiger partial charge in [0.1, 0.15) is 0 Å². The second-order valence-corrected chi connectivity index (χ2v) is 5.63. The van der Waals surface area contributed by atoms with Crippen LogP contribution >= 0.6 is 0 Å². The molecule has 108 valence electrons. The number of benzene rings is 1. The molecule has 3 heteroatoms. The van der Waals surface area contributed by atoms with E-state index in [1.165, 1.54) is 18.4 Å². The van der Waals surface area contributed by atoms with Crippen LogP contribution < -0.4 is 5.32 Å². The quantitative estimate of drug-likeness (QED) is 0.829. The Labute approximate surface area is 120 Å². The van der Waals surface area contributed by atoms with Crippen LogP contribution in [0.4, 0.5) is 0 Å². The molecule has 0 aromatic heterocycles. The van der Waals surface area contributed by atoms with Crippen LogP contribution in [0.25, 0.3) is 0 Å². The van der Waals surface area contributed by atoms with E-state index >= 15 is 0 Å². The number of nitrogens with one attached hydrogen (secondary N) is 1. The molecule has 1 fully saturated rings. The van der Waals surface area contributed by atoms with Gasteiger partial charge in [0.15, 0.2) is 0 Å². The fraction of sp³-hybridized carbons (Fsp3) is 0.471. The van der Waals surface area contributed by atoms with Gasteiger partial charge in [-0.1, -0.05) is 36.8 Å². The van der Waals surface area contributed by atoms with Crippen LogP contribution in [0.5, 0.6) is 0 Å². The first kappa shape index (κ1) is 14.8. The molecule has 1 aliphatic carbocycles. The van der Waals surface area contributed by atoms with E-state index in [2.05, 4.69) is 12.2 Å². The fourth-order valence-electron chi connectivity index (χ4n) is 2.58. The molecule has 1 amide bonds. The molecule has 0 radical (unpaired) electrons. The number of rotatable bonds is 4. The molecule has 0 saturated heterocycles. The molecule has 3 nitrogen and oxygen atoms in total. The number of amides is 1. The molecule has 1 aromatic carbocycles. The third-order valence-electron chi connectivity index (χ3n) is 3.99. The maximum absolute atomic E-state index is 11.9. The minimum absolute atomic E-state index is 0.00498. The first-order chi connectivity index (χ1) is 9.69. The summed E-state index contributed by atoms with van der Waals surface area (Å²) in [4.78, 5) is 11.9. The summed E-state index contributed by atoms with van der Waals surface area (Å²) in [6, 6.07) is 7.62. The lowest BCUT2D eigenvalue weighted by Crippen LogP contribution is -2.22. The van der Waals surface area contributed by atoms with Gasteiger partial charge in [-0.15, -0.1) is 0 Å². The van der Waals surface area contributed by atoms with E-state index in [0.29, 0.717) is 6.54 Å². The fourth-order valence-corrected chi connectivity index (χ4v) is 2.58. The van der Waals surface area contributed by atoms with Gasteiger partial charge in [-0.25, -0.2) is 0 Å². The van der Waals surface area contributed by atoms with Crippen LogP contribution in [0.1, 0.15) is 43.7 Å². The molecule has 2 N–H and O–H groups in total. The lowest BCUT2D eigenvalue weighted by Gasteiger charge is -2.19. The number of carbonyl (C=O) groups excluding carboxylic acids is 1. The first-order valence-corrected chi connectivity index (χ1v) is 7.34. The number of aliphatic hydroxyl groups is 1. The Hall–Kier alpha value is -1.61. The molecule has 0 aliphatic heterocycles. The zero-order valence-electron chi connectivity index (χ0n) is 12.1. The van der Waals surface area contributed by atoms with Gasteiger partial charge in [-0.05, 0) is 42.7 Å². The van der Waals surface area contributed by atoms with Crippen molar-refractivity contribution in [2.75, 3.05) is 0 Å². The minimum atomic E-state index is -0.0257. The van der Waals surface area contributed by atoms with Crippen molar-refractivity contribution >= 4 is 5.91 Å². The monoisotopic (exact) mass is 273 g/mol. The predicted octanol–water partition coefficient (Wildman–Crippen LogP) is 2.93. The maximum atomic E-state index is 11.9. The van der Waals surface area contributed by atoms with Crippen molar-refractivity contribution in [2.24, 2.45) is 5.92 Å². The molecular formula is C17H23NO2. The van der Waals surface area contributed by atoms with E-state index in [1.54, 1.807) is 6.08 Å². The van der Waals surface area contributed by atoms with E-state index in [9.17, 15) is 9.90 Å². The summed E-state index contributed by atoms with van der Waals surface area (Å²) in [5.41, 5.74) is 3.10. The molecule has 1 aliphatic rings. The van der Waals surface area contributed by atoms with Crippen LogP contribution in [-0.4, -0.2) is 11.0 Å². The molecule has 1 saturated carbocycles. The standard InChI is InChI=1S/C17H23NO2/c1-13-6-8-14(9-7-13)10-17(20)18-11-15-4-2-3-5-16(15)12-19/h2-5,10,13,19H,6-9,11-12H2,1H3,(H,18,20). The molecule has 20 heavy (non-hydrogen) atoms. The minimum Gasteiger partial charge on any atom is -0.392 e. The Bertz CT molecular complexity index is 484. The van der Waals surface area contributed by atoms with Gasteiger partial charge in [0, 0.05) is 12.6 Å². The lowest BCUT2D eigenvalue weighted by atomic mass is 9.87. The molecule has 0 spiro atoms. The second-order valence-electron chi connectivity index (χ2n) is 5.63. The maximum Gasteiger partial charge on any atom is 0.244 e. The highest BCUT2D eigenvalue weighted by Crippen LogP contribution is 2.27. The average molecular weight is 273 g/mol. The van der Waals surface area contributed by atoms with Crippen molar-refractivity contribution in [3.8, 4) is 0 Å². The number of hydrogen-bond donors (Lipinski definition) is 2. The predicted molar refractivity (Wildman–Crippen MR) is 79.9 cm³/mol. The molecule has 0 atom stereocenters. The third kappa shape index (κ3) is 4.20. The van der Waals surface area contributed by atoms with E-state index in [-0.39, 0.29) is 12.5 Å². The van der Waals surface area contributed by atoms with Crippen molar-refractivity contribution in [2.45, 2.75) is 45.8 Å². The molecule has 0 bridgehead atoms. The Morgan fingerprint density at radius 1 is 1.30 bits per heavy atom. The van der Waals surface area contributed by atoms with Crippen LogP contribution in [0.15, 0.2) is 35.9 Å². The number of carbonyl (C=O) groups is 1. The van der Waals surface area contributed by atoms with Gasteiger partial charge in [-0.2, -0.15) is 0 Å². The highest BCUT2D eigenvalue weighted by atomic mass is 16.3. The number of allylic oxidation sites excluding steroid dienone is 1. The van der Waals surface area contributed by atoms with E-state index in [1.807, 2.05) is 24.3 Å². The van der Waals surface area contributed by atoms with Crippen molar-refractivity contribution < 1.29 is 9.90 Å². The largest absolute Gasteiger partial charge is 0.392 e. The van der Waals surface area contributed by atoms with Crippen LogP contribution in [0.3, 0.4) is 0 Å². The van der Waals surface area contributed by atoms with E-state index in [0.717, 1.165) is 29.9 Å². The number of hydrogen-bond acceptors (Lipinski definition) is 2. The van der Waals surface area contributed by atoms with Crippen LogP contribution in [0.2, 0.25) is 0 Å². The summed E-state index contributed by atoms with van der Waals surface area (Å²) in [5, 5.41) is 12.2. The summed E-state index contributed by atoms with van der Waals surface area (Å²) in [7, 11) is 0. The van der Waals surface area contributed by atoms with Crippen molar-refractivity contribution in [3.05, 3.63) is 47.0 Å². The Morgan fingerprint density at radius 3 is 2.60 bits per heavy atom. The van der Waals surface area contributed by atoms with Crippen LogP contribution in [-0.2, 0) is 17.9 Å². The second kappa shape index (κ2) is 7.25. The van der Waals surface area contributed by atoms with Gasteiger partial charge in [0.05, 0.1) is 6.61 Å². The summed E-state index contributed by atoms with van der Waals surface area (Å²) in [6.07, 6.45) is 6.22. The smallest absolute Gasteiger partial charge is 0.244 e. The Balaban J connectivity index is 1.87. The van der Waals surface area contributed by atoms with Gasteiger partial charge in [0.25, 0.3) is 0 Å². The molecular weight excluding hydrogens is 250 g/mol. The average Bonchev–Trinajstić information content (AvgIpc) is 2.48. The summed E-state index contributed by atoms with van der Waals surface area (Å²) in [6.45, 7) is 2.74. The molecule has 0 unspecified atom stereocenters. The highest BCUT2D eigenvalue weighted by Gasteiger charge is 2.13. The van der Waals surface area contributed by atoms with Crippen LogP contribution in [0, 0.1) is 5.92 Å². The summed E-state index contributed by atoms with van der Waals surface area (Å²) >= 11 is 0. The summed E-state index contributed by atoms with van der Waals surface area (Å²) in [5.74, 6) is 0.758. The molecule has 2 rings (SSSR count). The van der Waals surface area contributed by atoms with Crippen molar-refractivity contribution in [3.63, 3.8) is 0 Å². The Kier molecular flexibility index (Phi) is 5.36. The Morgan fingerprint density at radius 2 is 1.95 bits per heavy atom. The van der Waals surface area contributed by atoms with Gasteiger partial charge in [0.2, 0.25) is 5.91 Å². The lowest BCUT2D eigenvalue weighted by molar-refractivity contribution is -0.116. The van der Waals surface area contributed by atoms with E-state index in [4.69, 9.17) is 0 Å². The number of aliphatic hydroxyl groups excluding tert-OH is 1. The highest BCUT2D eigenvalue weighted by molar-refractivity contribution is 5.88. The first-order valence-electron chi connectivity index (χ1n) is 7.34. The zero-order chi connectivity index (χ0) is 14.4. The van der Waals surface area contributed by atoms with Gasteiger partial charge >= 0.3 is 0 Å². The van der Waals surface area contributed by atoms with Crippen molar-refractivity contribution in [1.29, 1.82) is 0 Å². The van der Waals surface area contributed by atoms with E-state index < -0.39 is 0 Å². The van der Waals surface area contributed by atoms with Gasteiger partial charge < -0.3 is 10.4 Å². The summed E-state index contributed by atoms with van der Waals surface area (Å²) < 4.78 is 0. The topological polar surface area (TPSA) is 49.3 Å². The molecule has 1 aromatic rings. The van der Waals surface area contributed by atoms with Gasteiger partial charge in [-0.3, -0.25) is 4.79 Å².